The number of likely N-dealkylation sites (N-methyl/N-ethyl adjacent to an activating group) is 1. The maximum atomic E-state index is 13.3. The fourth-order valence-electron chi connectivity index (χ4n) is 4.00. The van der Waals surface area contributed by atoms with Gasteiger partial charge in [-0.15, -0.1) is 0 Å². The lowest BCUT2D eigenvalue weighted by Crippen LogP contribution is -2.38. The van der Waals surface area contributed by atoms with E-state index >= 15 is 0 Å². The van der Waals surface area contributed by atoms with Crippen LogP contribution in [0.1, 0.15) is 34.0 Å². The van der Waals surface area contributed by atoms with E-state index in [2.05, 4.69) is 0 Å². The second-order valence-corrected chi connectivity index (χ2v) is 7.85. The summed E-state index contributed by atoms with van der Waals surface area (Å²) in [5.74, 6) is -1.25. The predicted molar refractivity (Wildman–Crippen MR) is 117 cm³/mol. The van der Waals surface area contributed by atoms with Gasteiger partial charge in [-0.3, -0.25) is 14.5 Å². The Balaban J connectivity index is 1.82. The minimum absolute atomic E-state index is 0.00265. The zero-order valence-corrected chi connectivity index (χ0v) is 18.4. The van der Waals surface area contributed by atoms with Crippen molar-refractivity contribution in [2.45, 2.75) is 12.1 Å². The van der Waals surface area contributed by atoms with Crippen molar-refractivity contribution in [1.82, 2.24) is 9.80 Å². The monoisotopic (exact) mass is 452 g/mol. The van der Waals surface area contributed by atoms with Gasteiger partial charge in [0.1, 0.15) is 5.76 Å². The lowest BCUT2D eigenvalue weighted by Gasteiger charge is -2.32. The van der Waals surface area contributed by atoms with E-state index in [0.717, 1.165) is 0 Å². The molecular weight excluding hydrogens is 428 g/mol. The second-order valence-electron chi connectivity index (χ2n) is 7.85. The molecule has 33 heavy (non-hydrogen) atoms. The highest BCUT2D eigenvalue weighted by atomic mass is 16.5. The number of phenolic OH excluding ortho intramolecular Hbond substituents is 1. The van der Waals surface area contributed by atoms with Crippen LogP contribution >= 0.6 is 0 Å². The van der Waals surface area contributed by atoms with E-state index in [1.54, 1.807) is 30.5 Å². The fourth-order valence-corrected chi connectivity index (χ4v) is 4.00. The smallest absolute Gasteiger partial charge is 0.290 e. The number of hydrogen-bond acceptors (Lipinski definition) is 8. The summed E-state index contributed by atoms with van der Waals surface area (Å²) in [5.41, 5.74) is 0.369. The molecule has 3 aromatic rings. The number of phenols is 1. The lowest BCUT2D eigenvalue weighted by atomic mass is 9.94. The van der Waals surface area contributed by atoms with Crippen molar-refractivity contribution in [3.63, 3.8) is 0 Å². The molecule has 1 aliphatic rings. The molecule has 1 aliphatic heterocycles. The summed E-state index contributed by atoms with van der Waals surface area (Å²) in [7, 11) is 5.08. The Labute approximate surface area is 190 Å². The van der Waals surface area contributed by atoms with E-state index in [1.807, 2.05) is 19.0 Å². The number of carbonyl (C=O) groups excluding carboxylic acids is 2. The Hall–Kier alpha value is -3.98. The molecule has 0 saturated carbocycles. The van der Waals surface area contributed by atoms with Crippen LogP contribution in [0.3, 0.4) is 0 Å². The van der Waals surface area contributed by atoms with E-state index in [1.165, 1.54) is 36.5 Å². The van der Waals surface area contributed by atoms with Gasteiger partial charge in [-0.05, 0) is 56.1 Å². The molecule has 0 aliphatic carbocycles. The average molecular weight is 452 g/mol. The van der Waals surface area contributed by atoms with E-state index in [9.17, 15) is 19.8 Å². The molecule has 9 heteroatoms. The topological polar surface area (TPSA) is 117 Å². The number of ether oxygens (including phenoxy) is 1. The Morgan fingerprint density at radius 1 is 1.15 bits per heavy atom. The van der Waals surface area contributed by atoms with E-state index in [4.69, 9.17) is 13.6 Å². The van der Waals surface area contributed by atoms with Gasteiger partial charge in [0.15, 0.2) is 23.0 Å². The summed E-state index contributed by atoms with van der Waals surface area (Å²) in [5, 5.41) is 20.8. The normalized spacial score (nSPS) is 17.2. The molecule has 1 aromatic carbocycles. The first-order chi connectivity index (χ1) is 15.8. The Morgan fingerprint density at radius 3 is 2.48 bits per heavy atom. The van der Waals surface area contributed by atoms with Gasteiger partial charge in [-0.25, -0.2) is 0 Å². The first kappa shape index (κ1) is 22.2. The number of hydrogen-bond donors (Lipinski definition) is 2. The van der Waals surface area contributed by atoms with Crippen LogP contribution in [0.15, 0.2) is 75.2 Å². The van der Waals surface area contributed by atoms with E-state index < -0.39 is 23.5 Å². The Morgan fingerprint density at radius 2 is 1.88 bits per heavy atom. The molecule has 0 radical (unpaired) electrons. The van der Waals surface area contributed by atoms with Crippen LogP contribution in [-0.2, 0) is 4.79 Å². The van der Waals surface area contributed by atoms with Crippen LogP contribution in [0.5, 0.6) is 11.5 Å². The number of amides is 1. The summed E-state index contributed by atoms with van der Waals surface area (Å²) in [6, 6.07) is 9.80. The molecule has 9 nitrogen and oxygen atoms in total. The van der Waals surface area contributed by atoms with Crippen molar-refractivity contribution >= 4 is 11.7 Å². The maximum absolute atomic E-state index is 13.3. The summed E-state index contributed by atoms with van der Waals surface area (Å²) < 4.78 is 16.0. The number of nitrogens with zero attached hydrogens (tertiary/aromatic N) is 2. The number of aliphatic hydroxyl groups is 1. The molecule has 2 atom stereocenters. The maximum Gasteiger partial charge on any atom is 0.290 e. The minimum Gasteiger partial charge on any atom is -0.504 e. The zero-order chi connectivity index (χ0) is 23.7. The molecule has 4 rings (SSSR count). The quantitative estimate of drug-likeness (QED) is 0.499. The summed E-state index contributed by atoms with van der Waals surface area (Å²) in [6.45, 7) is 0.117. The van der Waals surface area contributed by atoms with Gasteiger partial charge in [0, 0.05) is 6.54 Å². The van der Waals surface area contributed by atoms with Crippen molar-refractivity contribution < 1.29 is 33.4 Å². The average Bonchev–Trinajstić information content (AvgIpc) is 3.55. The van der Waals surface area contributed by atoms with E-state index in [-0.39, 0.29) is 35.4 Å². The zero-order valence-electron chi connectivity index (χ0n) is 18.4. The number of rotatable bonds is 8. The predicted octanol–water partition coefficient (Wildman–Crippen LogP) is 3.47. The molecule has 0 fully saturated rings. The molecule has 3 heterocycles. The van der Waals surface area contributed by atoms with Gasteiger partial charge >= 0.3 is 0 Å². The second kappa shape index (κ2) is 8.87. The van der Waals surface area contributed by atoms with Gasteiger partial charge < -0.3 is 28.7 Å². The van der Waals surface area contributed by atoms with Gasteiger partial charge in [0.05, 0.1) is 37.3 Å². The molecule has 1 amide bonds. The van der Waals surface area contributed by atoms with Crippen LogP contribution in [-0.4, -0.2) is 59.5 Å². The van der Waals surface area contributed by atoms with Gasteiger partial charge in [0.25, 0.3) is 5.91 Å². The SMILES string of the molecule is COc1cc(C2C(C(=O)c3ccco3)=C(O)C(=O)N2CC(c2ccco2)N(C)C)ccc1O. The van der Waals surface area contributed by atoms with E-state index in [0.29, 0.717) is 11.3 Å². The van der Waals surface area contributed by atoms with Crippen molar-refractivity contribution in [3.8, 4) is 11.5 Å². The number of carbonyl (C=O) groups is 2. The molecule has 0 saturated heterocycles. The highest BCUT2D eigenvalue weighted by Crippen LogP contribution is 2.42. The third-order valence-corrected chi connectivity index (χ3v) is 5.68. The third kappa shape index (κ3) is 3.98. The van der Waals surface area contributed by atoms with Gasteiger partial charge in [0.2, 0.25) is 5.78 Å². The van der Waals surface area contributed by atoms with Crippen LogP contribution in [0, 0.1) is 0 Å². The standard InChI is InChI=1S/C24H24N2O7/c1-25(2)15(17-6-4-10-32-17)13-26-21(14-8-9-16(27)19(12-14)31-3)20(23(29)24(26)30)22(28)18-7-5-11-33-18/h4-12,15,21,27,29H,13H2,1-3H3. The number of ketones is 1. The molecular formula is C24H24N2O7. The third-order valence-electron chi connectivity index (χ3n) is 5.68. The van der Waals surface area contributed by atoms with Crippen molar-refractivity contribution in [2.24, 2.45) is 0 Å². The Kier molecular flexibility index (Phi) is 5.97. The molecule has 2 N–H and O–H groups in total. The summed E-state index contributed by atoms with van der Waals surface area (Å²) in [4.78, 5) is 29.8. The number of aromatic hydroxyl groups is 1. The molecule has 0 spiro atoms. The fraction of sp³-hybridized carbons (Fsp3) is 0.250. The first-order valence-electron chi connectivity index (χ1n) is 10.2. The lowest BCUT2D eigenvalue weighted by molar-refractivity contribution is -0.130. The van der Waals surface area contributed by atoms with Crippen molar-refractivity contribution in [3.05, 3.63) is 83.4 Å². The Bertz CT molecular complexity index is 1180. The number of furan rings is 2. The van der Waals surface area contributed by atoms with Gasteiger partial charge in [-0.2, -0.15) is 0 Å². The van der Waals surface area contributed by atoms with Crippen LogP contribution in [0.4, 0.5) is 0 Å². The summed E-state index contributed by atoms with van der Waals surface area (Å²) in [6.07, 6.45) is 2.89. The number of benzene rings is 1. The number of Topliss-reactive ketones (excluding diaryl/α,β-unsaturated/α-hetero) is 1. The number of methoxy groups -OCH3 is 1. The first-order valence-corrected chi connectivity index (χ1v) is 10.2. The molecule has 2 aromatic heterocycles. The molecule has 172 valence electrons. The number of aliphatic hydroxyl groups excluding tert-OH is 1. The van der Waals surface area contributed by atoms with Crippen LogP contribution < -0.4 is 4.74 Å². The van der Waals surface area contributed by atoms with Crippen LogP contribution in [0.25, 0.3) is 0 Å². The van der Waals surface area contributed by atoms with Gasteiger partial charge in [-0.1, -0.05) is 6.07 Å². The largest absolute Gasteiger partial charge is 0.504 e. The highest BCUT2D eigenvalue weighted by molar-refractivity contribution is 6.15. The minimum atomic E-state index is -0.943. The molecule has 2 unspecified atom stereocenters. The molecule has 0 bridgehead atoms. The van der Waals surface area contributed by atoms with Crippen molar-refractivity contribution in [1.29, 1.82) is 0 Å². The van der Waals surface area contributed by atoms with Crippen LogP contribution in [0.2, 0.25) is 0 Å². The van der Waals surface area contributed by atoms with Crippen molar-refractivity contribution in [2.75, 3.05) is 27.7 Å². The highest BCUT2D eigenvalue weighted by Gasteiger charge is 2.45. The summed E-state index contributed by atoms with van der Waals surface area (Å²) >= 11 is 0.